The first-order valence-electron chi connectivity index (χ1n) is 6.93. The maximum Gasteiger partial charge on any atom is 0.325 e. The van der Waals surface area contributed by atoms with Crippen LogP contribution in [0.3, 0.4) is 0 Å². The molecule has 1 aromatic carbocycles. The summed E-state index contributed by atoms with van der Waals surface area (Å²) in [6, 6.07) is 9.52. The third-order valence-corrected chi connectivity index (χ3v) is 4.08. The van der Waals surface area contributed by atoms with Gasteiger partial charge < -0.3 is 14.1 Å². The molecule has 0 aliphatic heterocycles. The number of carbonyl (C=O) groups is 1. The molecule has 2 amide bonds. The van der Waals surface area contributed by atoms with Crippen LogP contribution in [0.25, 0.3) is 11.0 Å². The first-order valence-corrected chi connectivity index (χ1v) is 7.75. The Morgan fingerprint density at radius 3 is 2.78 bits per heavy atom. The van der Waals surface area contributed by atoms with Gasteiger partial charge in [-0.1, -0.05) is 23.3 Å². The van der Waals surface area contributed by atoms with Crippen LogP contribution in [-0.2, 0) is 6.61 Å². The summed E-state index contributed by atoms with van der Waals surface area (Å²) in [6.07, 6.45) is 0. The number of carbonyl (C=O) groups excluding carboxylic acids is 1. The second-order valence-electron chi connectivity index (χ2n) is 5.13. The molecule has 0 aliphatic rings. The Kier molecular flexibility index (Phi) is 4.16. The molecule has 0 radical (unpaired) electrons. The van der Waals surface area contributed by atoms with Crippen LogP contribution in [0.1, 0.15) is 5.76 Å². The number of urea groups is 1. The van der Waals surface area contributed by atoms with Gasteiger partial charge in [-0.05, 0) is 23.5 Å². The van der Waals surface area contributed by atoms with Gasteiger partial charge in [0.2, 0.25) is 5.13 Å². The van der Waals surface area contributed by atoms with E-state index in [9.17, 15) is 4.79 Å². The predicted molar refractivity (Wildman–Crippen MR) is 87.9 cm³/mol. The minimum atomic E-state index is -0.176. The highest BCUT2D eigenvalue weighted by molar-refractivity contribution is 7.17. The number of benzene rings is 1. The molecule has 0 fully saturated rings. The number of rotatable bonds is 4. The molecular weight excluding hydrogens is 316 g/mol. The van der Waals surface area contributed by atoms with E-state index >= 15 is 0 Å². The highest BCUT2D eigenvalue weighted by Crippen LogP contribution is 2.27. The molecule has 0 atom stereocenters. The quantitative estimate of drug-likeness (QED) is 0.734. The van der Waals surface area contributed by atoms with Crippen LogP contribution >= 0.6 is 11.3 Å². The second kappa shape index (κ2) is 6.25. The van der Waals surface area contributed by atoms with Gasteiger partial charge in [-0.2, -0.15) is 0 Å². The molecule has 0 bridgehead atoms. The number of ether oxygens (including phenoxy) is 1. The lowest BCUT2D eigenvalue weighted by Crippen LogP contribution is -2.36. The zero-order chi connectivity index (χ0) is 16.4. The molecule has 2 heterocycles. The number of hydrogen-bond donors (Lipinski definition) is 0. The molecule has 3 aromatic rings. The van der Waals surface area contributed by atoms with Crippen molar-refractivity contribution >= 4 is 33.5 Å². The largest absolute Gasteiger partial charge is 0.461 e. The van der Waals surface area contributed by atoms with Crippen molar-refractivity contribution in [3.8, 4) is 5.19 Å². The first-order chi connectivity index (χ1) is 11.0. The van der Waals surface area contributed by atoms with Crippen molar-refractivity contribution in [2.24, 2.45) is 0 Å². The highest BCUT2D eigenvalue weighted by atomic mass is 32.1. The molecule has 0 N–H and O–H groups in total. The monoisotopic (exact) mass is 332 g/mol. The number of nitrogens with zero attached hydrogens (tertiary/aromatic N) is 4. The summed E-state index contributed by atoms with van der Waals surface area (Å²) < 4.78 is 11.3. The Morgan fingerprint density at radius 2 is 2.04 bits per heavy atom. The van der Waals surface area contributed by atoms with Gasteiger partial charge in [0.25, 0.3) is 5.19 Å². The summed E-state index contributed by atoms with van der Waals surface area (Å²) in [6.45, 7) is 0.259. The standard InChI is InChI=1S/C15H16N4O3S/c1-18(2)15(20)19(3)13-16-17-14(23-13)21-9-11-8-10-6-4-5-7-12(10)22-11/h4-8H,9H2,1-3H3. The van der Waals surface area contributed by atoms with Crippen molar-refractivity contribution in [3.63, 3.8) is 0 Å². The third-order valence-electron chi connectivity index (χ3n) is 3.17. The summed E-state index contributed by atoms with van der Waals surface area (Å²) in [4.78, 5) is 14.8. The molecule has 0 saturated heterocycles. The van der Waals surface area contributed by atoms with Gasteiger partial charge in [0.1, 0.15) is 18.0 Å². The van der Waals surface area contributed by atoms with Crippen LogP contribution in [0.4, 0.5) is 9.93 Å². The van der Waals surface area contributed by atoms with Gasteiger partial charge in [-0.25, -0.2) is 4.79 Å². The second-order valence-corrected chi connectivity index (χ2v) is 6.04. The van der Waals surface area contributed by atoms with Gasteiger partial charge in [0.05, 0.1) is 0 Å². The van der Waals surface area contributed by atoms with E-state index in [2.05, 4.69) is 10.2 Å². The zero-order valence-corrected chi connectivity index (χ0v) is 13.8. The van der Waals surface area contributed by atoms with E-state index in [0.29, 0.717) is 16.1 Å². The Balaban J connectivity index is 1.66. The van der Waals surface area contributed by atoms with E-state index in [-0.39, 0.29) is 12.6 Å². The van der Waals surface area contributed by atoms with E-state index in [0.717, 1.165) is 11.0 Å². The molecule has 120 valence electrons. The molecule has 0 spiro atoms. The summed E-state index contributed by atoms with van der Waals surface area (Å²) in [5.74, 6) is 0.709. The fourth-order valence-corrected chi connectivity index (χ4v) is 2.67. The van der Waals surface area contributed by atoms with E-state index in [1.54, 1.807) is 21.1 Å². The average molecular weight is 332 g/mol. The van der Waals surface area contributed by atoms with Crippen molar-refractivity contribution in [1.82, 2.24) is 15.1 Å². The van der Waals surface area contributed by atoms with Crippen LogP contribution in [0.5, 0.6) is 5.19 Å². The number of hydrogen-bond acceptors (Lipinski definition) is 6. The SMILES string of the molecule is CN(C)C(=O)N(C)c1nnc(OCc2cc3ccccc3o2)s1. The minimum absolute atomic E-state index is 0.176. The number of furan rings is 1. The maximum absolute atomic E-state index is 11.9. The number of amides is 2. The normalized spacial score (nSPS) is 10.7. The van der Waals surface area contributed by atoms with Gasteiger partial charge in [0.15, 0.2) is 0 Å². The molecular formula is C15H16N4O3S. The number of fused-ring (bicyclic) bond motifs is 1. The minimum Gasteiger partial charge on any atom is -0.461 e. The van der Waals surface area contributed by atoms with E-state index in [1.807, 2.05) is 30.3 Å². The lowest BCUT2D eigenvalue weighted by Gasteiger charge is -2.18. The number of aromatic nitrogens is 2. The Bertz CT molecular complexity index is 794. The summed E-state index contributed by atoms with van der Waals surface area (Å²) in [5, 5.41) is 9.80. The van der Waals surface area contributed by atoms with Crippen LogP contribution < -0.4 is 9.64 Å². The van der Waals surface area contributed by atoms with Crippen molar-refractivity contribution in [2.75, 3.05) is 26.0 Å². The predicted octanol–water partition coefficient (Wildman–Crippen LogP) is 2.98. The fraction of sp³-hybridized carbons (Fsp3) is 0.267. The van der Waals surface area contributed by atoms with Crippen molar-refractivity contribution < 1.29 is 13.9 Å². The Morgan fingerprint density at radius 1 is 1.26 bits per heavy atom. The molecule has 0 saturated carbocycles. The molecule has 23 heavy (non-hydrogen) atoms. The van der Waals surface area contributed by atoms with Gasteiger partial charge >= 0.3 is 6.03 Å². The number of anilines is 1. The average Bonchev–Trinajstić information content (AvgIpc) is 3.17. The maximum atomic E-state index is 11.9. The first kappa shape index (κ1) is 15.3. The molecule has 8 heteroatoms. The van der Waals surface area contributed by atoms with Gasteiger partial charge in [-0.15, -0.1) is 5.10 Å². The number of para-hydroxylation sites is 1. The summed E-state index contributed by atoms with van der Waals surface area (Å²) >= 11 is 1.21. The van der Waals surface area contributed by atoms with E-state index < -0.39 is 0 Å². The lowest BCUT2D eigenvalue weighted by molar-refractivity contribution is 0.225. The van der Waals surface area contributed by atoms with Crippen LogP contribution in [0.2, 0.25) is 0 Å². The summed E-state index contributed by atoms with van der Waals surface area (Å²) in [5.41, 5.74) is 0.820. The fourth-order valence-electron chi connectivity index (χ4n) is 2.02. The highest BCUT2D eigenvalue weighted by Gasteiger charge is 2.18. The molecule has 0 unspecified atom stereocenters. The Hall–Kier alpha value is -2.61. The van der Waals surface area contributed by atoms with Crippen molar-refractivity contribution in [1.29, 1.82) is 0 Å². The smallest absolute Gasteiger partial charge is 0.325 e. The van der Waals surface area contributed by atoms with Crippen molar-refractivity contribution in [3.05, 3.63) is 36.1 Å². The topological polar surface area (TPSA) is 71.7 Å². The van der Waals surface area contributed by atoms with Gasteiger partial charge in [0, 0.05) is 26.5 Å². The van der Waals surface area contributed by atoms with Crippen LogP contribution in [0.15, 0.2) is 34.7 Å². The molecule has 7 nitrogen and oxygen atoms in total. The summed E-state index contributed by atoms with van der Waals surface area (Å²) in [7, 11) is 5.00. The van der Waals surface area contributed by atoms with Gasteiger partial charge in [-0.3, -0.25) is 4.90 Å². The van der Waals surface area contributed by atoms with Crippen LogP contribution in [-0.4, -0.2) is 42.3 Å². The Labute approximate surface area is 137 Å². The zero-order valence-electron chi connectivity index (χ0n) is 13.0. The lowest BCUT2D eigenvalue weighted by atomic mass is 10.2. The van der Waals surface area contributed by atoms with Crippen LogP contribution in [0, 0.1) is 0 Å². The van der Waals surface area contributed by atoms with E-state index in [4.69, 9.17) is 9.15 Å². The molecule has 0 aliphatic carbocycles. The van der Waals surface area contributed by atoms with E-state index in [1.165, 1.54) is 21.1 Å². The third kappa shape index (κ3) is 3.26. The molecule has 3 rings (SSSR count). The van der Waals surface area contributed by atoms with Crippen molar-refractivity contribution in [2.45, 2.75) is 6.61 Å². The molecule has 2 aromatic heterocycles.